The molecule has 0 aliphatic carbocycles. The van der Waals surface area contributed by atoms with Crippen molar-refractivity contribution in [2.24, 2.45) is 0 Å². The van der Waals surface area contributed by atoms with E-state index in [1.165, 1.54) is 19.9 Å². The molecule has 1 aliphatic heterocycles. The molecule has 8 heteroatoms. The minimum absolute atomic E-state index is 0.0366. The van der Waals surface area contributed by atoms with Gasteiger partial charge in [0.2, 0.25) is 0 Å². The molecule has 1 unspecified atom stereocenters. The van der Waals surface area contributed by atoms with E-state index in [0.29, 0.717) is 5.69 Å². The number of aliphatic hydroxyl groups is 3. The number of nitrogen functional groups attached to an aromatic ring is 1. The fraction of sp³-hybridized carbons (Fsp3) is 0.571. The van der Waals surface area contributed by atoms with Gasteiger partial charge in [0.1, 0.15) is 18.0 Å². The highest BCUT2D eigenvalue weighted by Gasteiger charge is 2.57. The predicted molar refractivity (Wildman–Crippen MR) is 77.6 cm³/mol. The summed E-state index contributed by atoms with van der Waals surface area (Å²) >= 11 is 0. The number of hydrogen-bond donors (Lipinski definition) is 4. The molecule has 0 amide bonds. The number of rotatable bonds is 2. The molecule has 1 saturated heterocycles. The van der Waals surface area contributed by atoms with Crippen molar-refractivity contribution in [2.75, 3.05) is 5.73 Å². The molecule has 0 radical (unpaired) electrons. The van der Waals surface area contributed by atoms with Gasteiger partial charge >= 0.3 is 5.69 Å². The Morgan fingerprint density at radius 2 is 2.23 bits per heavy atom. The number of aliphatic hydroxyl groups excluding tert-OH is 2. The Hall–Kier alpha value is -1.92. The quantitative estimate of drug-likeness (QED) is 0.490. The molecule has 0 bridgehead atoms. The van der Waals surface area contributed by atoms with Gasteiger partial charge in [0.25, 0.3) is 0 Å². The Morgan fingerprint density at radius 1 is 1.59 bits per heavy atom. The van der Waals surface area contributed by atoms with Gasteiger partial charge < -0.3 is 25.8 Å². The van der Waals surface area contributed by atoms with Crippen LogP contribution in [-0.2, 0) is 4.74 Å². The molecule has 1 aliphatic rings. The first kappa shape index (κ1) is 16.5. The average molecular weight is 309 g/mol. The Bertz CT molecular complexity index is 690. The van der Waals surface area contributed by atoms with Crippen LogP contribution in [0.4, 0.5) is 5.82 Å². The summed E-state index contributed by atoms with van der Waals surface area (Å²) in [6.45, 7) is 4.48. The van der Waals surface area contributed by atoms with Crippen molar-refractivity contribution in [1.82, 2.24) is 9.55 Å². The summed E-state index contributed by atoms with van der Waals surface area (Å²) in [5.74, 6) is 5.02. The molecule has 22 heavy (non-hydrogen) atoms. The van der Waals surface area contributed by atoms with Crippen molar-refractivity contribution in [2.45, 2.75) is 50.9 Å². The third-order valence-electron chi connectivity index (χ3n) is 3.63. The van der Waals surface area contributed by atoms with Crippen molar-refractivity contribution in [1.29, 1.82) is 0 Å². The molecule has 1 aromatic heterocycles. The zero-order valence-electron chi connectivity index (χ0n) is 12.5. The minimum atomic E-state index is -2.05. The van der Waals surface area contributed by atoms with Crippen molar-refractivity contribution >= 4 is 5.82 Å². The van der Waals surface area contributed by atoms with Gasteiger partial charge in [-0.3, -0.25) is 4.57 Å². The number of hydrogen-bond acceptors (Lipinski definition) is 7. The number of nitrogens with zero attached hydrogens (tertiary/aromatic N) is 2. The van der Waals surface area contributed by atoms with Crippen molar-refractivity contribution < 1.29 is 20.1 Å². The van der Waals surface area contributed by atoms with Gasteiger partial charge in [0, 0.05) is 5.69 Å². The Balaban J connectivity index is 2.62. The summed E-state index contributed by atoms with van der Waals surface area (Å²) in [6.07, 6.45) is -4.97. The monoisotopic (exact) mass is 309 g/mol. The minimum Gasteiger partial charge on any atom is -0.391 e. The third-order valence-corrected chi connectivity index (χ3v) is 3.63. The highest BCUT2D eigenvalue weighted by Crippen LogP contribution is 2.39. The molecule has 2 heterocycles. The van der Waals surface area contributed by atoms with Gasteiger partial charge in [0.15, 0.2) is 11.8 Å². The zero-order valence-corrected chi connectivity index (χ0v) is 12.5. The molecule has 120 valence electrons. The van der Waals surface area contributed by atoms with E-state index in [4.69, 9.17) is 10.5 Å². The maximum Gasteiger partial charge on any atom is 0.351 e. The summed E-state index contributed by atoms with van der Waals surface area (Å²) < 4.78 is 6.58. The molecule has 1 fully saturated rings. The van der Waals surface area contributed by atoms with E-state index in [9.17, 15) is 20.1 Å². The van der Waals surface area contributed by atoms with Gasteiger partial charge in [-0.1, -0.05) is 5.92 Å². The zero-order chi connectivity index (χ0) is 16.7. The summed E-state index contributed by atoms with van der Waals surface area (Å²) in [7, 11) is 0. The van der Waals surface area contributed by atoms with E-state index >= 15 is 0 Å². The van der Waals surface area contributed by atoms with Gasteiger partial charge in [-0.2, -0.15) is 4.98 Å². The molecular weight excluding hydrogens is 290 g/mol. The van der Waals surface area contributed by atoms with E-state index in [2.05, 4.69) is 16.8 Å². The molecule has 0 spiro atoms. The summed E-state index contributed by atoms with van der Waals surface area (Å²) in [6, 6.07) is 1.44. The van der Waals surface area contributed by atoms with Gasteiger partial charge in [-0.25, -0.2) is 4.79 Å². The summed E-state index contributed by atoms with van der Waals surface area (Å²) in [5.41, 5.74) is 3.11. The normalized spacial score (nSPS) is 32.4. The van der Waals surface area contributed by atoms with Crippen LogP contribution in [-0.4, -0.2) is 48.8 Å². The van der Waals surface area contributed by atoms with Crippen LogP contribution >= 0.6 is 0 Å². The van der Waals surface area contributed by atoms with Crippen LogP contribution in [0.1, 0.15) is 25.8 Å². The van der Waals surface area contributed by atoms with Crippen LogP contribution in [0.3, 0.4) is 0 Å². The number of nitrogens with two attached hydrogens (primary N) is 1. The molecule has 5 N–H and O–H groups in total. The first-order valence-corrected chi connectivity index (χ1v) is 6.76. The highest BCUT2D eigenvalue weighted by molar-refractivity contribution is 5.30. The van der Waals surface area contributed by atoms with E-state index < -0.39 is 35.8 Å². The predicted octanol–water partition coefficient (Wildman–Crippen LogP) is -1.47. The van der Waals surface area contributed by atoms with Crippen LogP contribution < -0.4 is 11.4 Å². The lowest BCUT2D eigenvalue weighted by Crippen LogP contribution is -2.49. The standard InChI is InChI=1S/C14H19N3O5/c1-4-5-14(21)11(19)10(8(3)18)22-12(14)17-7(2)6-9(15)16-13(17)20/h6,8,10-12,18-19,21H,1-3H3,(H2,15,16,20)/t8-,10-,11?,12-,14-/m1/s1. The van der Waals surface area contributed by atoms with Gasteiger partial charge in [-0.15, -0.1) is 5.92 Å². The number of aromatic nitrogens is 2. The second-order valence-corrected chi connectivity index (χ2v) is 5.31. The van der Waals surface area contributed by atoms with Crippen molar-refractivity contribution in [3.05, 3.63) is 22.2 Å². The smallest absolute Gasteiger partial charge is 0.351 e. The first-order valence-electron chi connectivity index (χ1n) is 6.76. The third kappa shape index (κ3) is 2.48. The Labute approximate surface area is 127 Å². The largest absolute Gasteiger partial charge is 0.391 e. The molecule has 5 atom stereocenters. The molecule has 0 saturated carbocycles. The number of anilines is 1. The molecule has 0 aromatic carbocycles. The lowest BCUT2D eigenvalue weighted by atomic mass is 9.92. The van der Waals surface area contributed by atoms with Crippen LogP contribution in [0.15, 0.2) is 10.9 Å². The fourth-order valence-electron chi connectivity index (χ4n) is 2.61. The maximum atomic E-state index is 12.1. The van der Waals surface area contributed by atoms with Crippen LogP contribution in [0, 0.1) is 18.8 Å². The second kappa shape index (κ2) is 5.70. The van der Waals surface area contributed by atoms with E-state index in [-0.39, 0.29) is 5.82 Å². The highest BCUT2D eigenvalue weighted by atomic mass is 16.6. The lowest BCUT2D eigenvalue weighted by Gasteiger charge is -2.27. The summed E-state index contributed by atoms with van der Waals surface area (Å²) in [5, 5.41) is 30.7. The second-order valence-electron chi connectivity index (χ2n) is 5.31. The van der Waals surface area contributed by atoms with Gasteiger partial charge in [0.05, 0.1) is 6.10 Å². The molecule has 8 nitrogen and oxygen atoms in total. The van der Waals surface area contributed by atoms with E-state index in [1.807, 2.05) is 0 Å². The molecular formula is C14H19N3O5. The first-order chi connectivity index (χ1) is 10.2. The van der Waals surface area contributed by atoms with E-state index in [0.717, 1.165) is 4.57 Å². The van der Waals surface area contributed by atoms with Crippen molar-refractivity contribution in [3.63, 3.8) is 0 Å². The van der Waals surface area contributed by atoms with Crippen LogP contribution in [0.2, 0.25) is 0 Å². The Kier molecular flexibility index (Phi) is 4.26. The van der Waals surface area contributed by atoms with Gasteiger partial charge in [-0.05, 0) is 26.8 Å². The summed E-state index contributed by atoms with van der Waals surface area (Å²) in [4.78, 5) is 15.7. The number of aryl methyl sites for hydroxylation is 1. The van der Waals surface area contributed by atoms with Crippen molar-refractivity contribution in [3.8, 4) is 11.8 Å². The SMILES string of the molecule is CC#C[C@@]1(O)C(O)[C@@H]([C@@H](C)O)O[C@H]1n1c(C)cc(N)nc1=O. The maximum absolute atomic E-state index is 12.1. The van der Waals surface area contributed by atoms with Crippen LogP contribution in [0.25, 0.3) is 0 Å². The fourth-order valence-corrected chi connectivity index (χ4v) is 2.61. The lowest BCUT2D eigenvalue weighted by molar-refractivity contribution is -0.0891. The average Bonchev–Trinajstić information content (AvgIpc) is 2.63. The Morgan fingerprint density at radius 3 is 2.73 bits per heavy atom. The van der Waals surface area contributed by atoms with E-state index in [1.54, 1.807) is 6.92 Å². The topological polar surface area (TPSA) is 131 Å². The van der Waals surface area contributed by atoms with Crippen LogP contribution in [0.5, 0.6) is 0 Å². The number of ether oxygens (including phenoxy) is 1. The molecule has 2 rings (SSSR count). The molecule has 1 aromatic rings.